The van der Waals surface area contributed by atoms with E-state index in [4.69, 9.17) is 39.5 Å². The molecule has 8 nitrogen and oxygen atoms in total. The van der Waals surface area contributed by atoms with Crippen LogP contribution in [0.5, 0.6) is 0 Å². The first-order valence-electron chi connectivity index (χ1n) is 7.65. The second-order valence-corrected chi connectivity index (χ2v) is 9.18. The Bertz CT molecular complexity index is 667. The van der Waals surface area contributed by atoms with Crippen LogP contribution in [0.4, 0.5) is 4.79 Å². The first-order chi connectivity index (χ1) is 11.4. The summed E-state index contributed by atoms with van der Waals surface area (Å²) in [5.74, 6) is -2.92. The van der Waals surface area contributed by atoms with Gasteiger partial charge in [-0.1, -0.05) is 41.7 Å². The topological polar surface area (TPSA) is 105 Å². The number of rotatable bonds is 0. The van der Waals surface area contributed by atoms with Gasteiger partial charge in [-0.2, -0.15) is 0 Å². The highest BCUT2D eigenvalue weighted by Crippen LogP contribution is 2.47. The summed E-state index contributed by atoms with van der Waals surface area (Å²) in [4.78, 5) is 49.9. The predicted molar refractivity (Wildman–Crippen MR) is 88.0 cm³/mol. The zero-order valence-corrected chi connectivity index (χ0v) is 15.6. The third-order valence-corrected chi connectivity index (χ3v) is 5.35. The Labute approximate surface area is 158 Å². The van der Waals surface area contributed by atoms with Crippen LogP contribution in [-0.4, -0.2) is 56.7 Å². The molecule has 1 unspecified atom stereocenters. The molecule has 0 aliphatic carbocycles. The van der Waals surface area contributed by atoms with Crippen molar-refractivity contribution in [2.24, 2.45) is 11.8 Å². The summed E-state index contributed by atoms with van der Waals surface area (Å²) in [6.45, 7) is 3.92. The molecule has 3 saturated heterocycles. The highest BCUT2D eigenvalue weighted by molar-refractivity contribution is 6.76. The number of amides is 5. The average Bonchev–Trinajstić information content (AvgIpc) is 2.90. The molecule has 138 valence electrons. The number of imide groups is 2. The normalized spacial score (nSPS) is 37.4. The van der Waals surface area contributed by atoms with Gasteiger partial charge in [0.2, 0.25) is 5.91 Å². The maximum Gasteiger partial charge on any atom is 0.324 e. The smallest absolute Gasteiger partial charge is 0.324 e. The van der Waals surface area contributed by atoms with E-state index in [9.17, 15) is 19.2 Å². The van der Waals surface area contributed by atoms with Gasteiger partial charge in [0.15, 0.2) is 6.10 Å². The number of fused-ring (bicyclic) bond motifs is 3. The van der Waals surface area contributed by atoms with E-state index in [0.29, 0.717) is 6.42 Å². The van der Waals surface area contributed by atoms with E-state index < -0.39 is 51.2 Å². The molecule has 0 spiro atoms. The monoisotopic (exact) mass is 411 g/mol. The Morgan fingerprint density at radius 2 is 1.96 bits per heavy atom. The summed E-state index contributed by atoms with van der Waals surface area (Å²) in [6.07, 6.45) is -0.389. The fourth-order valence-electron chi connectivity index (χ4n) is 4.10. The fraction of sp³-hybridized carbons (Fsp3) is 0.714. The van der Waals surface area contributed by atoms with Gasteiger partial charge in [-0.15, -0.1) is 0 Å². The van der Waals surface area contributed by atoms with Crippen LogP contribution in [0.3, 0.4) is 0 Å². The number of carbonyl (C=O) groups excluding carboxylic acids is 4. The predicted octanol–water partition coefficient (Wildman–Crippen LogP) is 0.733. The first kappa shape index (κ1) is 18.7. The molecule has 3 rings (SSSR count). The van der Waals surface area contributed by atoms with Crippen LogP contribution in [-0.2, 0) is 19.1 Å². The molecule has 0 radical (unpaired) electrons. The van der Waals surface area contributed by atoms with Crippen molar-refractivity contribution in [3.05, 3.63) is 0 Å². The summed E-state index contributed by atoms with van der Waals surface area (Å²) < 4.78 is 3.57. The van der Waals surface area contributed by atoms with Crippen LogP contribution in [0.2, 0.25) is 0 Å². The maximum atomic E-state index is 12.6. The van der Waals surface area contributed by atoms with Crippen molar-refractivity contribution in [1.82, 2.24) is 15.5 Å². The molecule has 2 N–H and O–H groups in total. The fourth-order valence-corrected chi connectivity index (χ4v) is 4.24. The lowest BCUT2D eigenvalue weighted by Crippen LogP contribution is -2.63. The zero-order chi connectivity index (χ0) is 18.7. The summed E-state index contributed by atoms with van der Waals surface area (Å²) >= 11 is 16.4. The van der Waals surface area contributed by atoms with Crippen molar-refractivity contribution >= 4 is 58.6 Å². The van der Waals surface area contributed by atoms with Gasteiger partial charge in [0.05, 0.1) is 17.6 Å². The van der Waals surface area contributed by atoms with Crippen LogP contribution >= 0.6 is 34.8 Å². The van der Waals surface area contributed by atoms with Crippen LogP contribution in [0.15, 0.2) is 0 Å². The van der Waals surface area contributed by atoms with Gasteiger partial charge < -0.3 is 9.64 Å². The zero-order valence-electron chi connectivity index (χ0n) is 13.3. The Morgan fingerprint density at radius 1 is 1.32 bits per heavy atom. The Morgan fingerprint density at radius 3 is 2.56 bits per heavy atom. The van der Waals surface area contributed by atoms with E-state index in [2.05, 4.69) is 5.32 Å². The quantitative estimate of drug-likeness (QED) is 0.451. The highest BCUT2D eigenvalue weighted by atomic mass is 35.6. The minimum atomic E-state index is -2.30. The SMILES string of the molecule is C[C@@H]1CN(C(=O)NC(=O)C(Cl)(Cl)Cl)[C@H]2C3C(=O)NC(=O)[C@H]3O[C@@]2(C)C1. The molecule has 3 aliphatic rings. The van der Waals surface area contributed by atoms with Crippen LogP contribution < -0.4 is 10.6 Å². The lowest BCUT2D eigenvalue weighted by Gasteiger charge is -2.46. The number of halogens is 3. The van der Waals surface area contributed by atoms with Gasteiger partial charge in [0.25, 0.3) is 15.6 Å². The number of piperidine rings is 1. The van der Waals surface area contributed by atoms with Crippen molar-refractivity contribution in [2.75, 3.05) is 6.54 Å². The van der Waals surface area contributed by atoms with E-state index >= 15 is 0 Å². The highest BCUT2D eigenvalue weighted by Gasteiger charge is 2.65. The van der Waals surface area contributed by atoms with E-state index in [-0.39, 0.29) is 12.5 Å². The molecule has 3 heterocycles. The van der Waals surface area contributed by atoms with Gasteiger partial charge in [0, 0.05) is 6.54 Å². The van der Waals surface area contributed by atoms with Crippen molar-refractivity contribution in [1.29, 1.82) is 0 Å². The van der Waals surface area contributed by atoms with Crippen LogP contribution in [0.25, 0.3) is 0 Å². The van der Waals surface area contributed by atoms with E-state index in [1.165, 1.54) is 4.90 Å². The lowest BCUT2D eigenvalue weighted by molar-refractivity contribution is -0.139. The molecule has 5 amide bonds. The molecule has 5 atom stereocenters. The number of hydrogen-bond donors (Lipinski definition) is 2. The summed E-state index contributed by atoms with van der Waals surface area (Å²) in [7, 11) is 0. The molecule has 0 saturated carbocycles. The number of alkyl halides is 3. The Balaban J connectivity index is 1.90. The molecular weight excluding hydrogens is 397 g/mol. The molecule has 0 aromatic carbocycles. The van der Waals surface area contributed by atoms with Gasteiger partial charge in [0.1, 0.15) is 0 Å². The van der Waals surface area contributed by atoms with Crippen molar-refractivity contribution in [2.45, 2.75) is 41.8 Å². The van der Waals surface area contributed by atoms with Gasteiger partial charge in [-0.05, 0) is 19.3 Å². The number of likely N-dealkylation sites (tertiary alicyclic amines) is 1. The number of ether oxygens (including phenoxy) is 1. The summed E-state index contributed by atoms with van der Waals surface area (Å²) in [5, 5.41) is 4.24. The van der Waals surface area contributed by atoms with E-state index in [1.54, 1.807) is 6.92 Å². The third kappa shape index (κ3) is 3.09. The molecule has 25 heavy (non-hydrogen) atoms. The molecule has 3 aliphatic heterocycles. The van der Waals surface area contributed by atoms with Crippen molar-refractivity contribution < 1.29 is 23.9 Å². The second kappa shape index (κ2) is 5.97. The standard InChI is InChI=1S/C14H16Cl3N3O5/c1-5-3-13(2)8(6-7(25-13)10(22)18-9(6)21)20(4-5)12(24)19-11(23)14(15,16)17/h5-8H,3-4H2,1-2H3,(H,18,21,22)(H,19,23,24)/t5-,6?,7-,8-,13-/m0/s1. The Hall–Kier alpha value is -1.09. The molecular formula is C14H16Cl3N3O5. The number of nitrogens with zero attached hydrogens (tertiary/aromatic N) is 1. The minimum absolute atomic E-state index is 0.0202. The molecule has 3 fully saturated rings. The largest absolute Gasteiger partial charge is 0.359 e. The molecule has 0 bridgehead atoms. The van der Waals surface area contributed by atoms with E-state index in [0.717, 1.165) is 0 Å². The summed E-state index contributed by atoms with van der Waals surface area (Å²) in [5.41, 5.74) is -0.888. The molecule has 11 heteroatoms. The number of urea groups is 1. The van der Waals surface area contributed by atoms with Crippen LogP contribution in [0, 0.1) is 11.8 Å². The first-order valence-corrected chi connectivity index (χ1v) is 8.79. The van der Waals surface area contributed by atoms with Crippen molar-refractivity contribution in [3.8, 4) is 0 Å². The molecule has 0 aromatic rings. The minimum Gasteiger partial charge on any atom is -0.359 e. The Kier molecular flexibility index (Phi) is 4.47. The van der Waals surface area contributed by atoms with Gasteiger partial charge in [-0.3, -0.25) is 25.0 Å². The van der Waals surface area contributed by atoms with E-state index in [1.807, 2.05) is 12.2 Å². The number of carbonyl (C=O) groups is 4. The second-order valence-electron chi connectivity index (χ2n) is 6.89. The summed E-state index contributed by atoms with van der Waals surface area (Å²) in [6, 6.07) is -1.50. The number of nitrogens with one attached hydrogen (secondary N) is 2. The lowest BCUT2D eigenvalue weighted by atomic mass is 9.77. The van der Waals surface area contributed by atoms with Crippen molar-refractivity contribution in [3.63, 3.8) is 0 Å². The molecule has 0 aromatic heterocycles. The van der Waals surface area contributed by atoms with Crippen LogP contribution in [0.1, 0.15) is 20.3 Å². The van der Waals surface area contributed by atoms with Gasteiger partial charge in [-0.25, -0.2) is 4.79 Å². The third-order valence-electron chi connectivity index (χ3n) is 4.83. The van der Waals surface area contributed by atoms with Gasteiger partial charge >= 0.3 is 6.03 Å². The average molecular weight is 413 g/mol. The number of hydrogen-bond acceptors (Lipinski definition) is 5. The maximum absolute atomic E-state index is 12.6.